The molecule has 0 bridgehead atoms. The summed E-state index contributed by atoms with van der Waals surface area (Å²) in [6, 6.07) is 8.56. The lowest BCUT2D eigenvalue weighted by Gasteiger charge is -2.16. The monoisotopic (exact) mass is 289 g/mol. The minimum atomic E-state index is -0.816. The lowest BCUT2D eigenvalue weighted by molar-refractivity contribution is 0.0813. The molecule has 2 nitrogen and oxygen atoms in total. The lowest BCUT2D eigenvalue weighted by Crippen LogP contribution is -2.15. The van der Waals surface area contributed by atoms with Crippen LogP contribution in [0, 0.1) is 0 Å². The van der Waals surface area contributed by atoms with Crippen molar-refractivity contribution < 1.29 is 5.11 Å². The van der Waals surface area contributed by atoms with Crippen LogP contribution in [-0.4, -0.2) is 10.1 Å². The van der Waals surface area contributed by atoms with Crippen LogP contribution in [-0.2, 0) is 18.4 Å². The smallest absolute Gasteiger partial charge is 0.123 e. The van der Waals surface area contributed by atoms with Gasteiger partial charge in [0.25, 0.3) is 0 Å². The van der Waals surface area contributed by atoms with Gasteiger partial charge >= 0.3 is 0 Å². The average molecular weight is 289 g/mol. The van der Waals surface area contributed by atoms with Crippen LogP contribution in [0.1, 0.15) is 50.3 Å². The molecule has 0 amide bonds. The quantitative estimate of drug-likeness (QED) is 0.875. The van der Waals surface area contributed by atoms with E-state index in [0.29, 0.717) is 0 Å². The first-order valence-electron chi connectivity index (χ1n) is 7.27. The summed E-state index contributed by atoms with van der Waals surface area (Å²) in [4.78, 5) is 5.75. The fraction of sp³-hybridized carbons (Fsp3) is 0.471. The highest BCUT2D eigenvalue weighted by molar-refractivity contribution is 7.15. The number of hydrogen-bond donors (Lipinski definition) is 1. The number of hydrogen-bond acceptors (Lipinski definition) is 3. The third-order valence-electron chi connectivity index (χ3n) is 3.35. The van der Waals surface area contributed by atoms with Crippen molar-refractivity contribution in [3.63, 3.8) is 0 Å². The maximum absolute atomic E-state index is 10.3. The topological polar surface area (TPSA) is 33.1 Å². The molecule has 1 aromatic carbocycles. The summed E-state index contributed by atoms with van der Waals surface area (Å²) in [6.45, 7) is 7.97. The third kappa shape index (κ3) is 3.28. The van der Waals surface area contributed by atoms with Crippen molar-refractivity contribution in [3.8, 4) is 10.6 Å². The molecule has 0 aliphatic carbocycles. The van der Waals surface area contributed by atoms with Crippen LogP contribution in [0.4, 0.5) is 0 Å². The number of thiazole rings is 1. The summed E-state index contributed by atoms with van der Waals surface area (Å²) >= 11 is 1.61. The van der Waals surface area contributed by atoms with Crippen molar-refractivity contribution in [2.75, 3.05) is 0 Å². The van der Waals surface area contributed by atoms with Gasteiger partial charge in [0.1, 0.15) is 5.01 Å². The first-order valence-corrected chi connectivity index (χ1v) is 8.09. The zero-order valence-electron chi connectivity index (χ0n) is 12.7. The van der Waals surface area contributed by atoms with Gasteiger partial charge < -0.3 is 5.11 Å². The van der Waals surface area contributed by atoms with Crippen LogP contribution in [0.15, 0.2) is 24.3 Å². The summed E-state index contributed by atoms with van der Waals surface area (Å²) in [5.41, 5.74) is 2.70. The molecule has 0 aliphatic heterocycles. The van der Waals surface area contributed by atoms with E-state index < -0.39 is 5.60 Å². The van der Waals surface area contributed by atoms with Gasteiger partial charge in [0.2, 0.25) is 0 Å². The Morgan fingerprint density at radius 1 is 1.15 bits per heavy atom. The predicted octanol–water partition coefficient (Wildman–Crippen LogP) is 4.55. The Balaban J connectivity index is 2.41. The van der Waals surface area contributed by atoms with Gasteiger partial charge in [-0.2, -0.15) is 0 Å². The third-order valence-corrected chi connectivity index (χ3v) is 4.81. The van der Waals surface area contributed by atoms with Gasteiger partial charge in [-0.05, 0) is 32.3 Å². The molecule has 0 saturated heterocycles. The van der Waals surface area contributed by atoms with Gasteiger partial charge in [0.05, 0.1) is 16.2 Å². The first kappa shape index (κ1) is 15.2. The maximum Gasteiger partial charge on any atom is 0.123 e. The predicted molar refractivity (Wildman–Crippen MR) is 86.2 cm³/mol. The van der Waals surface area contributed by atoms with Gasteiger partial charge in [-0.3, -0.25) is 0 Å². The van der Waals surface area contributed by atoms with Crippen molar-refractivity contribution in [3.05, 3.63) is 40.4 Å². The highest BCUT2D eigenvalue weighted by Crippen LogP contribution is 2.35. The summed E-state index contributed by atoms with van der Waals surface area (Å²) in [5, 5.41) is 11.3. The number of aryl methyl sites for hydroxylation is 2. The Hall–Kier alpha value is -1.19. The van der Waals surface area contributed by atoms with E-state index in [1.54, 1.807) is 11.3 Å². The van der Waals surface area contributed by atoms with E-state index >= 15 is 0 Å². The first-order chi connectivity index (χ1) is 9.45. The van der Waals surface area contributed by atoms with Crippen LogP contribution in [0.3, 0.4) is 0 Å². The normalized spacial score (nSPS) is 11.8. The lowest BCUT2D eigenvalue weighted by atomic mass is 10.0. The van der Waals surface area contributed by atoms with Gasteiger partial charge in [0.15, 0.2) is 0 Å². The molecule has 0 atom stereocenters. The standard InChI is InChI=1S/C17H23NOS/c1-5-7-14-15(17(3,4)19)20-16(18-14)13-10-8-12(6-2)9-11-13/h8-11,19H,5-7H2,1-4H3. The van der Waals surface area contributed by atoms with Crippen LogP contribution in [0.25, 0.3) is 10.6 Å². The second-order valence-corrected chi connectivity index (χ2v) is 6.65. The van der Waals surface area contributed by atoms with Crippen molar-refractivity contribution in [1.82, 2.24) is 4.98 Å². The minimum Gasteiger partial charge on any atom is -0.385 e. The molecule has 1 heterocycles. The molecule has 0 unspecified atom stereocenters. The molecule has 1 N–H and O–H groups in total. The summed E-state index contributed by atoms with van der Waals surface area (Å²) in [5.74, 6) is 0. The average Bonchev–Trinajstić information content (AvgIpc) is 2.83. The highest BCUT2D eigenvalue weighted by Gasteiger charge is 2.24. The number of aromatic nitrogens is 1. The Labute approximate surface area is 125 Å². The van der Waals surface area contributed by atoms with E-state index in [1.807, 2.05) is 13.8 Å². The molecule has 20 heavy (non-hydrogen) atoms. The summed E-state index contributed by atoms with van der Waals surface area (Å²) in [6.07, 6.45) is 3.01. The van der Waals surface area contributed by atoms with Crippen molar-refractivity contribution in [2.45, 2.75) is 52.6 Å². The van der Waals surface area contributed by atoms with E-state index in [0.717, 1.165) is 40.4 Å². The molecule has 2 aromatic rings. The van der Waals surface area contributed by atoms with E-state index in [9.17, 15) is 5.11 Å². The molecule has 0 spiro atoms. The molecule has 0 saturated carbocycles. The zero-order chi connectivity index (χ0) is 14.8. The summed E-state index contributed by atoms with van der Waals surface area (Å²) in [7, 11) is 0. The number of nitrogens with zero attached hydrogens (tertiary/aromatic N) is 1. The van der Waals surface area contributed by atoms with Gasteiger partial charge in [-0.1, -0.05) is 44.5 Å². The van der Waals surface area contributed by atoms with Crippen LogP contribution < -0.4 is 0 Å². The van der Waals surface area contributed by atoms with E-state index in [-0.39, 0.29) is 0 Å². The molecule has 108 valence electrons. The van der Waals surface area contributed by atoms with Crippen molar-refractivity contribution >= 4 is 11.3 Å². The van der Waals surface area contributed by atoms with E-state index in [4.69, 9.17) is 4.98 Å². The number of aliphatic hydroxyl groups is 1. The summed E-state index contributed by atoms with van der Waals surface area (Å²) < 4.78 is 0. The van der Waals surface area contributed by atoms with Gasteiger partial charge in [-0.25, -0.2) is 4.98 Å². The Bertz CT molecular complexity index is 564. The van der Waals surface area contributed by atoms with Crippen molar-refractivity contribution in [2.24, 2.45) is 0 Å². The maximum atomic E-state index is 10.3. The van der Waals surface area contributed by atoms with Crippen LogP contribution in [0.5, 0.6) is 0 Å². The molecule has 0 radical (unpaired) electrons. The molecular weight excluding hydrogens is 266 g/mol. The molecule has 2 rings (SSSR count). The van der Waals surface area contributed by atoms with E-state index in [2.05, 4.69) is 38.1 Å². The number of rotatable bonds is 5. The SMILES string of the molecule is CCCc1nc(-c2ccc(CC)cc2)sc1C(C)(C)O. The van der Waals surface area contributed by atoms with Gasteiger partial charge in [-0.15, -0.1) is 11.3 Å². The largest absolute Gasteiger partial charge is 0.385 e. The zero-order valence-corrected chi connectivity index (χ0v) is 13.5. The van der Waals surface area contributed by atoms with Crippen LogP contribution in [0.2, 0.25) is 0 Å². The fourth-order valence-electron chi connectivity index (χ4n) is 2.24. The Morgan fingerprint density at radius 3 is 2.30 bits per heavy atom. The fourth-order valence-corrected chi connectivity index (χ4v) is 3.36. The van der Waals surface area contributed by atoms with Crippen LogP contribution >= 0.6 is 11.3 Å². The Morgan fingerprint density at radius 2 is 1.80 bits per heavy atom. The molecule has 0 aliphatic rings. The second kappa shape index (κ2) is 6.06. The van der Waals surface area contributed by atoms with Crippen molar-refractivity contribution in [1.29, 1.82) is 0 Å². The highest BCUT2D eigenvalue weighted by atomic mass is 32.1. The molecule has 1 aromatic heterocycles. The molecular formula is C17H23NOS. The Kier molecular flexibility index (Phi) is 4.61. The second-order valence-electron chi connectivity index (χ2n) is 5.65. The molecule has 0 fully saturated rings. The van der Waals surface area contributed by atoms with E-state index in [1.165, 1.54) is 5.56 Å². The van der Waals surface area contributed by atoms with Gasteiger partial charge in [0, 0.05) is 5.56 Å². The molecule has 3 heteroatoms. The number of benzene rings is 1. The minimum absolute atomic E-state index is 0.816.